The van der Waals surface area contributed by atoms with Gasteiger partial charge in [0, 0.05) is 24.5 Å². The highest BCUT2D eigenvalue weighted by molar-refractivity contribution is 5.76. The summed E-state index contributed by atoms with van der Waals surface area (Å²) in [4.78, 5) is 12.1. The van der Waals surface area contributed by atoms with E-state index in [0.29, 0.717) is 18.6 Å². The number of hydrogen-bond donors (Lipinski definition) is 2. The van der Waals surface area contributed by atoms with E-state index in [4.69, 9.17) is 0 Å². The van der Waals surface area contributed by atoms with Crippen LogP contribution in [0.4, 0.5) is 0 Å². The lowest BCUT2D eigenvalue weighted by molar-refractivity contribution is -0.122. The Hall–Kier alpha value is -1.29. The molecule has 0 spiro atoms. The van der Waals surface area contributed by atoms with E-state index >= 15 is 0 Å². The largest absolute Gasteiger partial charge is 0.352 e. The van der Waals surface area contributed by atoms with Crippen molar-refractivity contribution in [1.82, 2.24) is 15.2 Å². The van der Waals surface area contributed by atoms with Crippen LogP contribution in [0.1, 0.15) is 62.6 Å². The molecule has 1 fully saturated rings. The first-order valence-corrected chi connectivity index (χ1v) is 8.47. The second kappa shape index (κ2) is 6.65. The quantitative estimate of drug-likeness (QED) is 0.875. The number of aryl methyl sites for hydroxylation is 1. The van der Waals surface area contributed by atoms with Crippen LogP contribution in [0.5, 0.6) is 0 Å². The number of amides is 1. The van der Waals surface area contributed by atoms with Gasteiger partial charge in [0.1, 0.15) is 6.54 Å². The second-order valence-electron chi connectivity index (χ2n) is 6.46. The lowest BCUT2D eigenvalue weighted by Crippen LogP contribution is -2.34. The van der Waals surface area contributed by atoms with Gasteiger partial charge in [0.25, 0.3) is 0 Å². The molecule has 1 amide bonds. The Morgan fingerprint density at radius 2 is 2.05 bits per heavy atom. The van der Waals surface area contributed by atoms with Crippen molar-refractivity contribution in [2.45, 2.75) is 70.5 Å². The van der Waals surface area contributed by atoms with E-state index in [-0.39, 0.29) is 5.91 Å². The first-order valence-electron chi connectivity index (χ1n) is 8.47. The van der Waals surface area contributed by atoms with Crippen molar-refractivity contribution in [3.8, 4) is 0 Å². The van der Waals surface area contributed by atoms with Gasteiger partial charge in [0.2, 0.25) is 5.91 Å². The number of fused-ring (bicyclic) bond motifs is 1. The fourth-order valence-electron chi connectivity index (χ4n) is 3.81. The first-order chi connectivity index (χ1) is 10.3. The van der Waals surface area contributed by atoms with Gasteiger partial charge in [-0.15, -0.1) is 0 Å². The number of nitrogens with zero attached hydrogens (tertiary/aromatic N) is 1. The molecule has 4 nitrogen and oxygen atoms in total. The fraction of sp³-hybridized carbons (Fsp3) is 0.706. The smallest absolute Gasteiger partial charge is 0.240 e. The first kappa shape index (κ1) is 14.6. The molecule has 4 heteroatoms. The molecule has 1 heterocycles. The van der Waals surface area contributed by atoms with E-state index in [1.165, 1.54) is 36.8 Å². The highest BCUT2D eigenvalue weighted by atomic mass is 16.2. The molecular formula is C17H27N3O. The molecule has 1 atom stereocenters. The molecule has 3 rings (SSSR count). The summed E-state index contributed by atoms with van der Waals surface area (Å²) in [5.74, 6) is 0.161. The zero-order valence-corrected chi connectivity index (χ0v) is 13.0. The molecule has 1 aromatic heterocycles. The number of aromatic nitrogens is 1. The third-order valence-electron chi connectivity index (χ3n) is 4.81. The molecule has 2 aliphatic rings. The molecule has 0 bridgehead atoms. The lowest BCUT2D eigenvalue weighted by Gasteiger charge is -2.22. The van der Waals surface area contributed by atoms with Crippen LogP contribution in [0.2, 0.25) is 0 Å². The van der Waals surface area contributed by atoms with Gasteiger partial charge in [-0.25, -0.2) is 0 Å². The second-order valence-corrected chi connectivity index (χ2v) is 6.46. The average Bonchev–Trinajstić information content (AvgIpc) is 3.08. The average molecular weight is 289 g/mol. The highest BCUT2D eigenvalue weighted by Gasteiger charge is 2.22. The molecular weight excluding hydrogens is 262 g/mol. The van der Waals surface area contributed by atoms with E-state index < -0.39 is 0 Å². The molecule has 0 aliphatic heterocycles. The predicted octanol–water partition coefficient (Wildman–Crippen LogP) is 2.53. The molecule has 116 valence electrons. The van der Waals surface area contributed by atoms with E-state index in [1.54, 1.807) is 0 Å². The van der Waals surface area contributed by atoms with E-state index in [2.05, 4.69) is 34.5 Å². The molecule has 1 unspecified atom stereocenters. The van der Waals surface area contributed by atoms with Crippen molar-refractivity contribution in [3.05, 3.63) is 23.5 Å². The molecule has 2 N–H and O–H groups in total. The van der Waals surface area contributed by atoms with Crippen molar-refractivity contribution in [2.24, 2.45) is 0 Å². The van der Waals surface area contributed by atoms with Gasteiger partial charge in [0.05, 0.1) is 0 Å². The molecule has 21 heavy (non-hydrogen) atoms. The molecule has 1 aromatic rings. The molecule has 2 aliphatic carbocycles. The summed E-state index contributed by atoms with van der Waals surface area (Å²) in [5, 5.41) is 6.72. The lowest BCUT2D eigenvalue weighted by atomic mass is 9.91. The Morgan fingerprint density at radius 3 is 2.81 bits per heavy atom. The van der Waals surface area contributed by atoms with Gasteiger partial charge in [-0.2, -0.15) is 0 Å². The van der Waals surface area contributed by atoms with Crippen molar-refractivity contribution in [1.29, 1.82) is 0 Å². The Labute approximate surface area is 127 Å². The van der Waals surface area contributed by atoms with Crippen molar-refractivity contribution >= 4 is 5.91 Å². The summed E-state index contributed by atoms with van der Waals surface area (Å²) in [6, 6.07) is 0.884. The van der Waals surface area contributed by atoms with Crippen LogP contribution >= 0.6 is 0 Å². The molecule has 1 saturated carbocycles. The van der Waals surface area contributed by atoms with E-state index in [0.717, 1.165) is 25.8 Å². The Bertz CT molecular complexity index is 488. The summed E-state index contributed by atoms with van der Waals surface area (Å²) >= 11 is 0. The van der Waals surface area contributed by atoms with Crippen LogP contribution in [0.15, 0.2) is 12.4 Å². The van der Waals surface area contributed by atoms with Crippen LogP contribution < -0.4 is 10.6 Å². The number of nitrogens with one attached hydrogen (secondary N) is 2. The molecule has 0 radical (unpaired) electrons. The maximum absolute atomic E-state index is 12.1. The summed E-state index contributed by atoms with van der Waals surface area (Å²) in [7, 11) is 0. The number of hydrogen-bond acceptors (Lipinski definition) is 2. The minimum Gasteiger partial charge on any atom is -0.352 e. The Morgan fingerprint density at radius 1 is 1.24 bits per heavy atom. The minimum atomic E-state index is 0.161. The van der Waals surface area contributed by atoms with E-state index in [1.807, 2.05) is 0 Å². The van der Waals surface area contributed by atoms with Crippen LogP contribution in [0.25, 0.3) is 0 Å². The molecule has 0 saturated heterocycles. The number of rotatable bonds is 5. The Balaban J connectivity index is 1.62. The van der Waals surface area contributed by atoms with Crippen LogP contribution in [0.3, 0.4) is 0 Å². The fourth-order valence-corrected chi connectivity index (χ4v) is 3.81. The number of carbonyl (C=O) groups excluding carboxylic acids is 1. The summed E-state index contributed by atoms with van der Waals surface area (Å²) in [6.07, 6.45) is 12.8. The SMILES string of the molecule is CCNC1CCCc2cn(CC(=O)NC3CCCC3)cc21. The van der Waals surface area contributed by atoms with Crippen molar-refractivity contribution < 1.29 is 4.79 Å². The zero-order valence-electron chi connectivity index (χ0n) is 13.0. The summed E-state index contributed by atoms with van der Waals surface area (Å²) < 4.78 is 2.07. The van der Waals surface area contributed by atoms with Gasteiger partial charge in [-0.3, -0.25) is 4.79 Å². The maximum Gasteiger partial charge on any atom is 0.240 e. The van der Waals surface area contributed by atoms with Gasteiger partial charge >= 0.3 is 0 Å². The zero-order chi connectivity index (χ0) is 14.7. The van der Waals surface area contributed by atoms with Crippen LogP contribution in [0, 0.1) is 0 Å². The van der Waals surface area contributed by atoms with E-state index in [9.17, 15) is 4.79 Å². The summed E-state index contributed by atoms with van der Waals surface area (Å²) in [6.45, 7) is 3.61. The predicted molar refractivity (Wildman–Crippen MR) is 84.2 cm³/mol. The summed E-state index contributed by atoms with van der Waals surface area (Å²) in [5.41, 5.74) is 2.82. The van der Waals surface area contributed by atoms with Gasteiger partial charge < -0.3 is 15.2 Å². The number of carbonyl (C=O) groups is 1. The van der Waals surface area contributed by atoms with Gasteiger partial charge in [-0.1, -0.05) is 19.8 Å². The monoisotopic (exact) mass is 289 g/mol. The van der Waals surface area contributed by atoms with Crippen LogP contribution in [-0.2, 0) is 17.8 Å². The normalized spacial score (nSPS) is 22.2. The van der Waals surface area contributed by atoms with Crippen molar-refractivity contribution in [3.63, 3.8) is 0 Å². The van der Waals surface area contributed by atoms with Gasteiger partial charge in [0.15, 0.2) is 0 Å². The minimum absolute atomic E-state index is 0.161. The molecule has 0 aromatic carbocycles. The highest BCUT2D eigenvalue weighted by Crippen LogP contribution is 2.30. The van der Waals surface area contributed by atoms with Crippen LogP contribution in [-0.4, -0.2) is 23.1 Å². The third kappa shape index (κ3) is 3.49. The Kier molecular flexibility index (Phi) is 4.63. The van der Waals surface area contributed by atoms with Crippen molar-refractivity contribution in [2.75, 3.05) is 6.54 Å². The maximum atomic E-state index is 12.1. The van der Waals surface area contributed by atoms with Gasteiger partial charge in [-0.05, 0) is 49.8 Å². The third-order valence-corrected chi connectivity index (χ3v) is 4.81. The standard InChI is InChI=1S/C17H27N3O/c1-2-18-16-9-5-6-13-10-20(11-15(13)16)12-17(21)19-14-7-3-4-8-14/h10-11,14,16,18H,2-9,12H2,1H3,(H,19,21). The topological polar surface area (TPSA) is 46.1 Å².